The molecule has 0 amide bonds. The van der Waals surface area contributed by atoms with Crippen LogP contribution in [0, 0.1) is 0 Å². The molecule has 5 rings (SSSR count). The minimum absolute atomic E-state index is 0.0919. The summed E-state index contributed by atoms with van der Waals surface area (Å²) >= 11 is 0. The number of benzene rings is 4. The van der Waals surface area contributed by atoms with E-state index in [2.05, 4.69) is 10.2 Å². The second-order valence-electron chi connectivity index (χ2n) is 9.32. The van der Waals surface area contributed by atoms with Gasteiger partial charge in [-0.15, -0.1) is 0 Å². The van der Waals surface area contributed by atoms with Gasteiger partial charge in [0.2, 0.25) is 14.6 Å². The number of hydrogen-bond donors (Lipinski definition) is 2. The van der Waals surface area contributed by atoms with Crippen LogP contribution in [0.1, 0.15) is 25.7 Å². The summed E-state index contributed by atoms with van der Waals surface area (Å²) in [6.07, 6.45) is 3.82. The molecule has 184 valence electrons. The van der Waals surface area contributed by atoms with Crippen molar-refractivity contribution in [3.63, 3.8) is 0 Å². The van der Waals surface area contributed by atoms with Crippen LogP contribution in [0.3, 0.4) is 0 Å². The number of hydrogen-bond acceptors (Lipinski definition) is 2. The first-order valence-corrected chi connectivity index (χ1v) is 16.0. The van der Waals surface area contributed by atoms with Gasteiger partial charge in [-0.2, -0.15) is 0 Å². The third-order valence-corrected chi connectivity index (χ3v) is 12.4. The van der Waals surface area contributed by atoms with Crippen LogP contribution in [-0.2, 0) is 9.13 Å². The van der Waals surface area contributed by atoms with Crippen LogP contribution in [0.2, 0.25) is 0 Å². The van der Waals surface area contributed by atoms with Gasteiger partial charge in [0.05, 0.1) is 0 Å². The van der Waals surface area contributed by atoms with Gasteiger partial charge < -0.3 is 0 Å². The van der Waals surface area contributed by atoms with Crippen LogP contribution in [0.4, 0.5) is 0 Å². The van der Waals surface area contributed by atoms with Gasteiger partial charge in [-0.05, 0) is 61.4 Å². The van der Waals surface area contributed by atoms with Crippen LogP contribution in [0.15, 0.2) is 121 Å². The molecule has 0 aromatic heterocycles. The average Bonchev–Trinajstić information content (AvgIpc) is 2.96. The zero-order valence-corrected chi connectivity index (χ0v) is 22.0. The predicted molar refractivity (Wildman–Crippen MR) is 152 cm³/mol. The molecule has 1 saturated carbocycles. The SMILES string of the molecule is O=P(N[C@H]1CCCC[C@@H]1NP(=O)(c1ccccc1)c1ccccc1)(c1ccccc1)c1ccccc1. The number of nitrogens with one attached hydrogen (secondary N) is 2. The van der Waals surface area contributed by atoms with Crippen molar-refractivity contribution in [1.29, 1.82) is 0 Å². The molecular formula is C30H32N2O2P2. The zero-order chi connectivity index (χ0) is 24.8. The molecule has 1 aliphatic carbocycles. The first kappa shape index (κ1) is 24.9. The summed E-state index contributed by atoms with van der Waals surface area (Å²) in [6, 6.07) is 38.5. The maximum absolute atomic E-state index is 14.7. The molecule has 0 unspecified atom stereocenters. The van der Waals surface area contributed by atoms with Crippen LogP contribution in [0.25, 0.3) is 0 Å². The van der Waals surface area contributed by atoms with Gasteiger partial charge in [0, 0.05) is 33.3 Å². The highest BCUT2D eigenvalue weighted by atomic mass is 31.2. The highest BCUT2D eigenvalue weighted by Gasteiger charge is 2.38. The van der Waals surface area contributed by atoms with Gasteiger partial charge in [-0.25, -0.2) is 0 Å². The Balaban J connectivity index is 1.52. The van der Waals surface area contributed by atoms with Crippen LogP contribution in [0.5, 0.6) is 0 Å². The van der Waals surface area contributed by atoms with Crippen molar-refractivity contribution in [2.45, 2.75) is 37.8 Å². The molecule has 6 heteroatoms. The molecule has 36 heavy (non-hydrogen) atoms. The maximum atomic E-state index is 14.7. The van der Waals surface area contributed by atoms with E-state index in [0.29, 0.717) is 0 Å². The van der Waals surface area contributed by atoms with E-state index in [-0.39, 0.29) is 12.1 Å². The lowest BCUT2D eigenvalue weighted by atomic mass is 9.92. The van der Waals surface area contributed by atoms with Crippen molar-refractivity contribution in [2.24, 2.45) is 0 Å². The highest BCUT2D eigenvalue weighted by molar-refractivity contribution is 7.77. The standard InChI is InChI=1S/C30H32N2O2P2/c33-35(25-15-5-1-6-16-25,26-17-7-2-8-18-26)31-29-23-13-14-24-30(29)32-36(34,27-19-9-3-10-20-27)28-21-11-4-12-22-28/h1-12,15-22,29-30H,13-14,23-24H2,(H,31,33)(H,32,34)/t29-,30-/m0/s1. The summed E-state index contributed by atoms with van der Waals surface area (Å²) in [5.74, 6) is 0. The minimum Gasteiger partial charge on any atom is -0.297 e. The predicted octanol–water partition coefficient (Wildman–Crippen LogP) is 5.34. The Kier molecular flexibility index (Phi) is 7.70. The fourth-order valence-corrected chi connectivity index (χ4v) is 10.2. The Bertz CT molecular complexity index is 1160. The summed E-state index contributed by atoms with van der Waals surface area (Å²) in [5.41, 5.74) is 0. The van der Waals surface area contributed by atoms with Gasteiger partial charge in [0.1, 0.15) is 0 Å². The molecule has 0 radical (unpaired) electrons. The normalized spacial score (nSPS) is 18.6. The molecule has 2 atom stereocenters. The molecule has 0 saturated heterocycles. The van der Waals surface area contributed by atoms with E-state index in [9.17, 15) is 9.13 Å². The molecule has 4 nitrogen and oxygen atoms in total. The molecule has 0 heterocycles. The van der Waals surface area contributed by atoms with Gasteiger partial charge >= 0.3 is 0 Å². The van der Waals surface area contributed by atoms with Crippen LogP contribution in [-0.4, -0.2) is 12.1 Å². The lowest BCUT2D eigenvalue weighted by molar-refractivity contribution is 0.342. The Morgan fingerprint density at radius 2 is 0.694 bits per heavy atom. The monoisotopic (exact) mass is 514 g/mol. The van der Waals surface area contributed by atoms with E-state index < -0.39 is 14.6 Å². The average molecular weight is 515 g/mol. The van der Waals surface area contributed by atoms with E-state index in [0.717, 1.165) is 46.9 Å². The van der Waals surface area contributed by atoms with Crippen molar-refractivity contribution in [1.82, 2.24) is 10.2 Å². The second-order valence-corrected chi connectivity index (χ2v) is 14.3. The van der Waals surface area contributed by atoms with Crippen molar-refractivity contribution in [2.75, 3.05) is 0 Å². The smallest absolute Gasteiger partial charge is 0.204 e. The van der Waals surface area contributed by atoms with Gasteiger partial charge in [-0.1, -0.05) is 85.6 Å². The summed E-state index contributed by atoms with van der Waals surface area (Å²) < 4.78 is 29.5. The summed E-state index contributed by atoms with van der Waals surface area (Å²) in [4.78, 5) is 0. The lowest BCUT2D eigenvalue weighted by Gasteiger charge is -2.38. The number of rotatable bonds is 8. The fourth-order valence-electron chi connectivity index (χ4n) is 5.05. The maximum Gasteiger partial charge on any atom is 0.204 e. The van der Waals surface area contributed by atoms with Crippen molar-refractivity contribution in [3.05, 3.63) is 121 Å². The van der Waals surface area contributed by atoms with Crippen molar-refractivity contribution in [3.8, 4) is 0 Å². The van der Waals surface area contributed by atoms with E-state index in [1.165, 1.54) is 0 Å². The van der Waals surface area contributed by atoms with E-state index in [4.69, 9.17) is 0 Å². The Morgan fingerprint density at radius 1 is 0.444 bits per heavy atom. The third-order valence-electron chi connectivity index (χ3n) is 6.94. The highest BCUT2D eigenvalue weighted by Crippen LogP contribution is 2.44. The molecule has 2 N–H and O–H groups in total. The first-order chi connectivity index (χ1) is 17.6. The van der Waals surface area contributed by atoms with Gasteiger partial charge in [-0.3, -0.25) is 19.3 Å². The topological polar surface area (TPSA) is 58.2 Å². The Morgan fingerprint density at radius 3 is 0.944 bits per heavy atom. The summed E-state index contributed by atoms with van der Waals surface area (Å²) in [7, 11) is -6.24. The molecule has 4 aromatic carbocycles. The van der Waals surface area contributed by atoms with Crippen molar-refractivity contribution >= 4 is 35.8 Å². The molecule has 1 fully saturated rings. The summed E-state index contributed by atoms with van der Waals surface area (Å²) in [6.45, 7) is 0. The zero-order valence-electron chi connectivity index (χ0n) is 20.2. The molecular weight excluding hydrogens is 482 g/mol. The second kappa shape index (κ2) is 11.1. The van der Waals surface area contributed by atoms with Crippen LogP contribution < -0.4 is 31.4 Å². The molecule has 4 aromatic rings. The Hall–Kier alpha value is -2.74. The summed E-state index contributed by atoms with van der Waals surface area (Å²) in [5, 5.41) is 10.4. The minimum atomic E-state index is -3.12. The van der Waals surface area contributed by atoms with E-state index in [1.807, 2.05) is 121 Å². The quantitative estimate of drug-likeness (QED) is 0.312. The van der Waals surface area contributed by atoms with Gasteiger partial charge in [0.25, 0.3) is 0 Å². The first-order valence-electron chi connectivity index (χ1n) is 12.6. The molecule has 1 aliphatic rings. The van der Waals surface area contributed by atoms with E-state index >= 15 is 0 Å². The molecule has 0 bridgehead atoms. The lowest BCUT2D eigenvalue weighted by Crippen LogP contribution is -2.51. The van der Waals surface area contributed by atoms with Crippen LogP contribution >= 0.6 is 14.6 Å². The third kappa shape index (κ3) is 5.19. The molecule has 0 spiro atoms. The van der Waals surface area contributed by atoms with E-state index in [1.54, 1.807) is 0 Å². The Labute approximate surface area is 214 Å². The van der Waals surface area contributed by atoms with Crippen molar-refractivity contribution < 1.29 is 9.13 Å². The fraction of sp³-hybridized carbons (Fsp3) is 0.200. The molecule has 0 aliphatic heterocycles. The van der Waals surface area contributed by atoms with Gasteiger partial charge in [0.15, 0.2) is 0 Å². The largest absolute Gasteiger partial charge is 0.297 e.